The molecule has 1 atom stereocenters. The number of Topliss-reactive ketones (excluding diaryl/α,β-unsaturated/α-hetero) is 1. The Labute approximate surface area is 121 Å². The van der Waals surface area contributed by atoms with Gasteiger partial charge >= 0.3 is 0 Å². The van der Waals surface area contributed by atoms with Crippen molar-refractivity contribution in [2.24, 2.45) is 0 Å². The van der Waals surface area contributed by atoms with E-state index in [1.54, 1.807) is 12.1 Å². The monoisotopic (exact) mass is 375 g/mol. The van der Waals surface area contributed by atoms with Gasteiger partial charge in [0.15, 0.2) is 12.4 Å². The van der Waals surface area contributed by atoms with Crippen molar-refractivity contribution in [3.05, 3.63) is 22.2 Å². The van der Waals surface area contributed by atoms with Crippen LogP contribution in [0.1, 0.15) is 23.7 Å². The standard InChI is InChI=1S/C12H11Br2NO3/c1-2-7(13)12(17)6-3-10-9(4-8(6)14)15-11(16)5-18-10/h3-4,7H,2,5H2,1H3,(H,15,16). The minimum Gasteiger partial charge on any atom is -0.482 e. The van der Waals surface area contributed by atoms with Crippen LogP contribution >= 0.6 is 31.9 Å². The first-order chi connectivity index (χ1) is 8.52. The zero-order chi connectivity index (χ0) is 13.3. The molecule has 0 saturated heterocycles. The second kappa shape index (κ2) is 5.40. The van der Waals surface area contributed by atoms with E-state index in [-0.39, 0.29) is 23.1 Å². The fourth-order valence-electron chi connectivity index (χ4n) is 1.64. The van der Waals surface area contributed by atoms with E-state index in [0.29, 0.717) is 27.9 Å². The van der Waals surface area contributed by atoms with Crippen LogP contribution in [0.15, 0.2) is 16.6 Å². The first-order valence-electron chi connectivity index (χ1n) is 5.47. The minimum atomic E-state index is -0.218. The van der Waals surface area contributed by atoms with Crippen LogP contribution in [0.25, 0.3) is 0 Å². The van der Waals surface area contributed by atoms with Crippen LogP contribution in [0.2, 0.25) is 0 Å². The number of carbonyl (C=O) groups is 2. The Morgan fingerprint density at radius 3 is 2.94 bits per heavy atom. The fraction of sp³-hybridized carbons (Fsp3) is 0.333. The predicted molar refractivity (Wildman–Crippen MR) is 75.6 cm³/mol. The lowest BCUT2D eigenvalue weighted by Crippen LogP contribution is -2.26. The number of ketones is 1. The first kappa shape index (κ1) is 13.5. The molecule has 0 radical (unpaired) electrons. The highest BCUT2D eigenvalue weighted by Crippen LogP contribution is 2.34. The second-order valence-electron chi connectivity index (χ2n) is 3.91. The first-order valence-corrected chi connectivity index (χ1v) is 7.18. The molecule has 0 bridgehead atoms. The quantitative estimate of drug-likeness (QED) is 0.651. The molecule has 1 unspecified atom stereocenters. The largest absolute Gasteiger partial charge is 0.482 e. The van der Waals surface area contributed by atoms with Crippen molar-refractivity contribution in [2.45, 2.75) is 18.2 Å². The highest BCUT2D eigenvalue weighted by atomic mass is 79.9. The smallest absolute Gasteiger partial charge is 0.262 e. The van der Waals surface area contributed by atoms with E-state index < -0.39 is 0 Å². The minimum absolute atomic E-state index is 0.00678. The van der Waals surface area contributed by atoms with Crippen LogP contribution < -0.4 is 10.1 Å². The van der Waals surface area contributed by atoms with Crippen molar-refractivity contribution in [2.75, 3.05) is 11.9 Å². The van der Waals surface area contributed by atoms with Crippen LogP contribution in [0.5, 0.6) is 5.75 Å². The fourth-order valence-corrected chi connectivity index (χ4v) is 2.43. The molecule has 6 heteroatoms. The Hall–Kier alpha value is -0.880. The van der Waals surface area contributed by atoms with Crippen LogP contribution in [-0.2, 0) is 4.79 Å². The molecule has 1 aliphatic rings. The summed E-state index contributed by atoms with van der Waals surface area (Å²) in [4.78, 5) is 23.1. The van der Waals surface area contributed by atoms with Crippen LogP contribution in [-0.4, -0.2) is 23.1 Å². The molecule has 1 aliphatic heterocycles. The van der Waals surface area contributed by atoms with Gasteiger partial charge in [0.25, 0.3) is 5.91 Å². The number of fused-ring (bicyclic) bond motifs is 1. The Kier molecular flexibility index (Phi) is 4.07. The number of benzene rings is 1. The van der Waals surface area contributed by atoms with Gasteiger partial charge in [-0.05, 0) is 34.5 Å². The van der Waals surface area contributed by atoms with Gasteiger partial charge in [-0.1, -0.05) is 22.9 Å². The molecule has 18 heavy (non-hydrogen) atoms. The van der Waals surface area contributed by atoms with Crippen molar-refractivity contribution < 1.29 is 14.3 Å². The van der Waals surface area contributed by atoms with Gasteiger partial charge < -0.3 is 10.1 Å². The van der Waals surface area contributed by atoms with Crippen molar-refractivity contribution in [3.63, 3.8) is 0 Å². The summed E-state index contributed by atoms with van der Waals surface area (Å²) in [6.45, 7) is 1.91. The molecule has 1 aromatic rings. The molecule has 0 saturated carbocycles. The summed E-state index contributed by atoms with van der Waals surface area (Å²) < 4.78 is 5.94. The molecule has 0 fully saturated rings. The van der Waals surface area contributed by atoms with Gasteiger partial charge in [-0.15, -0.1) is 0 Å². The molecule has 1 heterocycles. The van der Waals surface area contributed by atoms with E-state index in [4.69, 9.17) is 4.74 Å². The van der Waals surface area contributed by atoms with E-state index in [0.717, 1.165) is 0 Å². The lowest BCUT2D eigenvalue weighted by atomic mass is 10.1. The topological polar surface area (TPSA) is 55.4 Å². The number of hydrogen-bond donors (Lipinski definition) is 1. The lowest BCUT2D eigenvalue weighted by Gasteiger charge is -2.19. The average Bonchev–Trinajstić information content (AvgIpc) is 2.36. The van der Waals surface area contributed by atoms with Gasteiger partial charge in [-0.25, -0.2) is 0 Å². The Balaban J connectivity index is 2.39. The van der Waals surface area contributed by atoms with Crippen LogP contribution in [0.4, 0.5) is 5.69 Å². The number of alkyl halides is 1. The number of halogens is 2. The molecule has 1 N–H and O–H groups in total. The normalized spacial score (nSPS) is 15.4. The molecule has 0 spiro atoms. The molecule has 96 valence electrons. The molecule has 0 aliphatic carbocycles. The maximum absolute atomic E-state index is 12.1. The number of hydrogen-bond acceptors (Lipinski definition) is 3. The van der Waals surface area contributed by atoms with Crippen LogP contribution in [0.3, 0.4) is 0 Å². The van der Waals surface area contributed by atoms with E-state index >= 15 is 0 Å². The third kappa shape index (κ3) is 2.59. The van der Waals surface area contributed by atoms with Crippen molar-refractivity contribution in [1.29, 1.82) is 0 Å². The predicted octanol–water partition coefficient (Wildman–Crippen LogP) is 3.14. The van der Waals surface area contributed by atoms with E-state index in [2.05, 4.69) is 37.2 Å². The summed E-state index contributed by atoms with van der Waals surface area (Å²) in [6, 6.07) is 3.35. The number of carbonyl (C=O) groups excluding carboxylic acids is 2. The van der Waals surface area contributed by atoms with Crippen molar-refractivity contribution in [1.82, 2.24) is 0 Å². The molecular formula is C12H11Br2NO3. The Morgan fingerprint density at radius 1 is 1.56 bits per heavy atom. The highest BCUT2D eigenvalue weighted by molar-refractivity contribution is 9.10. The van der Waals surface area contributed by atoms with Gasteiger partial charge in [0.2, 0.25) is 0 Å². The second-order valence-corrected chi connectivity index (χ2v) is 5.86. The Morgan fingerprint density at radius 2 is 2.28 bits per heavy atom. The molecular weight excluding hydrogens is 366 g/mol. The number of rotatable bonds is 3. The number of anilines is 1. The van der Waals surface area contributed by atoms with Crippen LogP contribution in [0, 0.1) is 0 Å². The lowest BCUT2D eigenvalue weighted by molar-refractivity contribution is -0.118. The third-order valence-corrected chi connectivity index (χ3v) is 4.33. The van der Waals surface area contributed by atoms with Gasteiger partial charge in [0, 0.05) is 10.0 Å². The maximum atomic E-state index is 12.1. The molecule has 1 aromatic carbocycles. The van der Waals surface area contributed by atoms with Gasteiger partial charge in [-0.2, -0.15) is 0 Å². The highest BCUT2D eigenvalue weighted by Gasteiger charge is 2.23. The Bertz CT molecular complexity index is 516. The summed E-state index contributed by atoms with van der Waals surface area (Å²) in [5.74, 6) is 0.324. The summed E-state index contributed by atoms with van der Waals surface area (Å²) >= 11 is 6.68. The molecule has 0 aromatic heterocycles. The van der Waals surface area contributed by atoms with Gasteiger partial charge in [-0.3, -0.25) is 9.59 Å². The number of ether oxygens (including phenoxy) is 1. The van der Waals surface area contributed by atoms with Crippen molar-refractivity contribution in [3.8, 4) is 5.75 Å². The summed E-state index contributed by atoms with van der Waals surface area (Å²) in [5.41, 5.74) is 1.13. The summed E-state index contributed by atoms with van der Waals surface area (Å²) in [7, 11) is 0. The SMILES string of the molecule is CCC(Br)C(=O)c1cc2c(cc1Br)NC(=O)CO2. The van der Waals surface area contributed by atoms with Crippen molar-refractivity contribution >= 4 is 49.2 Å². The zero-order valence-corrected chi connectivity index (χ0v) is 12.8. The summed E-state index contributed by atoms with van der Waals surface area (Å²) in [5, 5.41) is 2.69. The zero-order valence-electron chi connectivity index (χ0n) is 9.63. The molecule has 4 nitrogen and oxygen atoms in total. The third-order valence-electron chi connectivity index (χ3n) is 2.61. The number of nitrogens with one attached hydrogen (secondary N) is 1. The molecule has 1 amide bonds. The van der Waals surface area contributed by atoms with Gasteiger partial charge in [0.1, 0.15) is 5.75 Å². The summed E-state index contributed by atoms with van der Waals surface area (Å²) in [6.07, 6.45) is 0.708. The maximum Gasteiger partial charge on any atom is 0.262 e. The number of amides is 1. The van der Waals surface area contributed by atoms with E-state index in [1.807, 2.05) is 6.92 Å². The average molecular weight is 377 g/mol. The van der Waals surface area contributed by atoms with E-state index in [9.17, 15) is 9.59 Å². The molecule has 2 rings (SSSR count). The van der Waals surface area contributed by atoms with E-state index in [1.165, 1.54) is 0 Å². The van der Waals surface area contributed by atoms with Gasteiger partial charge in [0.05, 0.1) is 10.5 Å².